The Balaban J connectivity index is 1.51. The van der Waals surface area contributed by atoms with Crippen LogP contribution in [0.3, 0.4) is 0 Å². The minimum Gasteiger partial charge on any atom is -0.504 e. The van der Waals surface area contributed by atoms with Gasteiger partial charge in [-0.25, -0.2) is 13.2 Å². The van der Waals surface area contributed by atoms with Gasteiger partial charge in [0.05, 0.1) is 22.0 Å². The Kier molecular flexibility index (Phi) is 9.95. The smallest absolute Gasteiger partial charge is 0.338 e. The lowest BCUT2D eigenvalue weighted by atomic mass is 10.2. The second kappa shape index (κ2) is 13.2. The van der Waals surface area contributed by atoms with Gasteiger partial charge in [-0.3, -0.25) is 0 Å². The summed E-state index contributed by atoms with van der Waals surface area (Å²) in [7, 11) is -2.38. The lowest BCUT2D eigenvalue weighted by Gasteiger charge is -2.14. The number of sulfone groups is 1. The number of aromatic hydroxyl groups is 3. The molecule has 3 aromatic rings. The van der Waals surface area contributed by atoms with Crippen molar-refractivity contribution < 1.29 is 57.7 Å². The summed E-state index contributed by atoms with van der Waals surface area (Å²) in [4.78, 5) is 12.1. The topological polar surface area (TPSA) is 189 Å². The molecule has 210 valence electrons. The molecule has 39 heavy (non-hydrogen) atoms. The molecule has 0 spiro atoms. The molecule has 0 radical (unpaired) electrons. The summed E-state index contributed by atoms with van der Waals surface area (Å²) >= 11 is 0. The van der Waals surface area contributed by atoms with Gasteiger partial charge < -0.3 is 44.5 Å². The first kappa shape index (κ1) is 29.5. The lowest BCUT2D eigenvalue weighted by molar-refractivity contribution is 0.0129. The molecular formula is C26H28O12S. The van der Waals surface area contributed by atoms with Crippen molar-refractivity contribution in [1.29, 1.82) is 0 Å². The van der Waals surface area contributed by atoms with E-state index in [1.165, 1.54) is 55.6 Å². The van der Waals surface area contributed by atoms with E-state index in [0.717, 1.165) is 12.1 Å². The summed E-state index contributed by atoms with van der Waals surface area (Å²) in [5.74, 6) is -2.52. The number of esters is 1. The van der Waals surface area contributed by atoms with E-state index in [-0.39, 0.29) is 40.9 Å². The van der Waals surface area contributed by atoms with Crippen LogP contribution in [0.15, 0.2) is 70.5 Å². The number of benzene rings is 3. The number of carbonyl (C=O) groups is 1. The quantitative estimate of drug-likeness (QED) is 0.149. The Morgan fingerprint density at radius 1 is 0.744 bits per heavy atom. The molecule has 5 N–H and O–H groups in total. The number of hydrogen-bond acceptors (Lipinski definition) is 12. The number of rotatable bonds is 13. The molecule has 13 heteroatoms. The summed E-state index contributed by atoms with van der Waals surface area (Å²) in [5, 5.41) is 48.0. The molecule has 0 bridgehead atoms. The van der Waals surface area contributed by atoms with E-state index in [1.54, 1.807) is 0 Å². The molecule has 0 saturated heterocycles. The Hall–Kier alpha value is -4.04. The maximum absolute atomic E-state index is 12.9. The molecule has 0 fully saturated rings. The number of ether oxygens (including phenoxy) is 4. The molecular weight excluding hydrogens is 536 g/mol. The minimum absolute atomic E-state index is 0.00788. The first-order valence-corrected chi connectivity index (χ1v) is 13.0. The summed E-state index contributed by atoms with van der Waals surface area (Å²) < 4.78 is 46.4. The van der Waals surface area contributed by atoms with Crippen molar-refractivity contribution in [3.63, 3.8) is 0 Å². The van der Waals surface area contributed by atoms with Crippen molar-refractivity contribution in [3.8, 4) is 28.7 Å². The summed E-state index contributed by atoms with van der Waals surface area (Å²) in [6, 6.07) is 13.0. The zero-order chi connectivity index (χ0) is 28.6. The third-order valence-corrected chi connectivity index (χ3v) is 7.01. The number of phenolic OH excluding ortho intramolecular Hbond substituents is 3. The molecule has 0 saturated carbocycles. The standard InChI is InChI=1S/C26H28O12S/c1-35-12-17(27)13-36-19-2-6-21(7-3-19)39(33,34)22-8-4-20(5-9-22)37-14-18(28)15-38-26(32)16-10-23(29)25(31)24(30)11-16/h2-11,17-18,27-31H,12-15H2,1H3. The first-order chi connectivity index (χ1) is 18.5. The molecule has 2 unspecified atom stereocenters. The number of aliphatic hydroxyl groups is 2. The second-order valence-electron chi connectivity index (χ2n) is 8.29. The normalized spacial score (nSPS) is 12.9. The summed E-state index contributed by atoms with van der Waals surface area (Å²) in [5.41, 5.74) is -0.240. The molecule has 3 rings (SSSR count). The van der Waals surface area contributed by atoms with Crippen LogP contribution in [0.5, 0.6) is 28.7 Å². The van der Waals surface area contributed by atoms with Crippen LogP contribution in [0.1, 0.15) is 10.4 Å². The third kappa shape index (κ3) is 7.97. The molecule has 2 atom stereocenters. The Morgan fingerprint density at radius 2 is 1.18 bits per heavy atom. The number of phenols is 3. The van der Waals surface area contributed by atoms with Crippen molar-refractivity contribution >= 4 is 15.8 Å². The molecule has 0 aliphatic rings. The molecule has 3 aromatic carbocycles. The maximum atomic E-state index is 12.9. The maximum Gasteiger partial charge on any atom is 0.338 e. The van der Waals surface area contributed by atoms with Crippen molar-refractivity contribution in [2.45, 2.75) is 22.0 Å². The Bertz CT molecular complexity index is 1330. The minimum atomic E-state index is -3.84. The summed E-state index contributed by atoms with van der Waals surface area (Å²) in [6.07, 6.45) is -2.06. The van der Waals surface area contributed by atoms with Crippen molar-refractivity contribution in [2.24, 2.45) is 0 Å². The summed E-state index contributed by atoms with van der Waals surface area (Å²) in [6.45, 7) is -0.658. The van der Waals surface area contributed by atoms with Crippen LogP contribution in [0.2, 0.25) is 0 Å². The fourth-order valence-corrected chi connectivity index (χ4v) is 4.48. The van der Waals surface area contributed by atoms with Crippen molar-refractivity contribution in [3.05, 3.63) is 66.2 Å². The van der Waals surface area contributed by atoms with Crippen LogP contribution in [-0.2, 0) is 19.3 Å². The lowest BCUT2D eigenvalue weighted by Crippen LogP contribution is -2.25. The van der Waals surface area contributed by atoms with E-state index in [2.05, 4.69) is 0 Å². The third-order valence-electron chi connectivity index (χ3n) is 5.22. The van der Waals surface area contributed by atoms with Gasteiger partial charge in [-0.1, -0.05) is 0 Å². The predicted molar refractivity (Wildman–Crippen MR) is 135 cm³/mol. The molecule has 0 aliphatic carbocycles. The van der Waals surface area contributed by atoms with E-state index in [9.17, 15) is 38.7 Å². The van der Waals surface area contributed by atoms with Gasteiger partial charge in [-0.15, -0.1) is 0 Å². The second-order valence-corrected chi connectivity index (χ2v) is 10.2. The van der Waals surface area contributed by atoms with Crippen molar-refractivity contribution in [1.82, 2.24) is 0 Å². The molecule has 0 aromatic heterocycles. The monoisotopic (exact) mass is 564 g/mol. The predicted octanol–water partition coefficient (Wildman–Crippen LogP) is 1.62. The van der Waals surface area contributed by atoms with Crippen LogP contribution < -0.4 is 9.47 Å². The highest BCUT2D eigenvalue weighted by molar-refractivity contribution is 7.91. The SMILES string of the molecule is COCC(O)COc1ccc(S(=O)(=O)c2ccc(OCC(O)COC(=O)c3cc(O)c(O)c(O)c3)cc2)cc1. The highest BCUT2D eigenvalue weighted by Gasteiger charge is 2.19. The van der Waals surface area contributed by atoms with Crippen LogP contribution in [0, 0.1) is 0 Å². The van der Waals surface area contributed by atoms with Crippen LogP contribution in [0.4, 0.5) is 0 Å². The van der Waals surface area contributed by atoms with Gasteiger partial charge in [0, 0.05) is 7.11 Å². The van der Waals surface area contributed by atoms with Gasteiger partial charge >= 0.3 is 5.97 Å². The van der Waals surface area contributed by atoms with Crippen LogP contribution >= 0.6 is 0 Å². The zero-order valence-corrected chi connectivity index (χ0v) is 21.6. The van der Waals surface area contributed by atoms with Gasteiger partial charge in [-0.05, 0) is 60.7 Å². The number of hydrogen-bond donors (Lipinski definition) is 5. The highest BCUT2D eigenvalue weighted by Crippen LogP contribution is 2.35. The molecule has 12 nitrogen and oxygen atoms in total. The average Bonchev–Trinajstić information content (AvgIpc) is 2.92. The fraction of sp³-hybridized carbons (Fsp3) is 0.269. The van der Waals surface area contributed by atoms with Gasteiger partial charge in [0.25, 0.3) is 0 Å². The first-order valence-electron chi connectivity index (χ1n) is 11.5. The van der Waals surface area contributed by atoms with Crippen LogP contribution in [0.25, 0.3) is 0 Å². The number of methoxy groups -OCH3 is 1. The van der Waals surface area contributed by atoms with E-state index < -0.39 is 51.9 Å². The van der Waals surface area contributed by atoms with Gasteiger partial charge in [-0.2, -0.15) is 0 Å². The van der Waals surface area contributed by atoms with Crippen molar-refractivity contribution in [2.75, 3.05) is 33.5 Å². The molecule has 0 aliphatic heterocycles. The highest BCUT2D eigenvalue weighted by atomic mass is 32.2. The fourth-order valence-electron chi connectivity index (χ4n) is 3.22. The van der Waals surface area contributed by atoms with Gasteiger partial charge in [0.1, 0.15) is 43.5 Å². The van der Waals surface area contributed by atoms with E-state index in [0.29, 0.717) is 5.75 Å². The Morgan fingerprint density at radius 3 is 1.62 bits per heavy atom. The van der Waals surface area contributed by atoms with Crippen LogP contribution in [-0.4, -0.2) is 85.7 Å². The number of aliphatic hydroxyl groups excluding tert-OH is 2. The molecule has 0 amide bonds. The van der Waals surface area contributed by atoms with E-state index in [1.807, 2.05) is 0 Å². The van der Waals surface area contributed by atoms with Gasteiger partial charge in [0.15, 0.2) is 17.2 Å². The van der Waals surface area contributed by atoms with E-state index >= 15 is 0 Å². The molecule has 0 heterocycles. The zero-order valence-electron chi connectivity index (χ0n) is 20.8. The Labute approximate surface area is 224 Å². The largest absolute Gasteiger partial charge is 0.504 e. The van der Waals surface area contributed by atoms with Gasteiger partial charge in [0.2, 0.25) is 9.84 Å². The number of carbonyl (C=O) groups excluding carboxylic acids is 1. The average molecular weight is 565 g/mol. The van der Waals surface area contributed by atoms with E-state index in [4.69, 9.17) is 18.9 Å².